The molecule has 2 aliphatic heterocycles. The summed E-state index contributed by atoms with van der Waals surface area (Å²) < 4.78 is 0. The summed E-state index contributed by atoms with van der Waals surface area (Å²) in [7, 11) is 0. The number of piperidine rings is 1. The number of nitrogens with zero attached hydrogens (tertiary/aromatic N) is 1. The van der Waals surface area contributed by atoms with Crippen LogP contribution >= 0.6 is 0 Å². The molecule has 2 heterocycles. The van der Waals surface area contributed by atoms with E-state index in [0.717, 1.165) is 31.7 Å². The molecule has 0 bridgehead atoms. The second kappa shape index (κ2) is 4.46. The molecule has 0 amide bonds. The first-order valence-electron chi connectivity index (χ1n) is 7.78. The summed E-state index contributed by atoms with van der Waals surface area (Å²) in [5, 5.41) is 11.4. The largest absolute Gasteiger partial charge is 0.388 e. The minimum absolute atomic E-state index is 0.00315. The van der Waals surface area contributed by atoms with Gasteiger partial charge in [0.2, 0.25) is 0 Å². The molecule has 3 heteroatoms. The van der Waals surface area contributed by atoms with Crippen molar-refractivity contribution in [3.05, 3.63) is 0 Å². The van der Waals surface area contributed by atoms with Crippen LogP contribution in [0.25, 0.3) is 0 Å². The molecule has 18 heavy (non-hydrogen) atoms. The predicted octanol–water partition coefficient (Wildman–Crippen LogP) is 1.74. The molecule has 104 valence electrons. The van der Waals surface area contributed by atoms with Gasteiger partial charge in [-0.2, -0.15) is 0 Å². The van der Waals surface area contributed by atoms with E-state index < -0.39 is 5.60 Å². The Morgan fingerprint density at radius 3 is 2.72 bits per heavy atom. The Labute approximate surface area is 111 Å². The Morgan fingerprint density at radius 2 is 2.06 bits per heavy atom. The second-order valence-corrected chi connectivity index (χ2v) is 7.05. The van der Waals surface area contributed by atoms with E-state index in [1.165, 1.54) is 32.2 Å². The van der Waals surface area contributed by atoms with Gasteiger partial charge in [0.1, 0.15) is 0 Å². The van der Waals surface area contributed by atoms with Gasteiger partial charge in [0.15, 0.2) is 0 Å². The third-order valence-electron chi connectivity index (χ3n) is 6.11. The fraction of sp³-hybridized carbons (Fsp3) is 1.00. The number of aliphatic hydroxyl groups is 1. The molecule has 0 aromatic rings. The molecule has 3 nitrogen and oxygen atoms in total. The number of fused-ring (bicyclic) bond motifs is 1. The fourth-order valence-corrected chi connectivity index (χ4v) is 5.05. The molecule has 3 N–H and O–H groups in total. The van der Waals surface area contributed by atoms with Gasteiger partial charge in [-0.1, -0.05) is 19.8 Å². The van der Waals surface area contributed by atoms with E-state index in [2.05, 4.69) is 11.8 Å². The number of rotatable bonds is 2. The molecule has 4 unspecified atom stereocenters. The molecular weight excluding hydrogens is 224 g/mol. The summed E-state index contributed by atoms with van der Waals surface area (Å²) in [5.41, 5.74) is 5.64. The maximum absolute atomic E-state index is 11.4. The Hall–Kier alpha value is -0.120. The number of nitrogens with two attached hydrogens (primary N) is 1. The van der Waals surface area contributed by atoms with Crippen molar-refractivity contribution in [2.75, 3.05) is 19.6 Å². The van der Waals surface area contributed by atoms with Gasteiger partial charge in [-0.3, -0.25) is 4.90 Å². The molecule has 0 aromatic carbocycles. The van der Waals surface area contributed by atoms with Gasteiger partial charge in [-0.25, -0.2) is 0 Å². The van der Waals surface area contributed by atoms with Crippen molar-refractivity contribution in [1.29, 1.82) is 0 Å². The third-order valence-corrected chi connectivity index (χ3v) is 6.11. The van der Waals surface area contributed by atoms with Gasteiger partial charge in [0, 0.05) is 24.5 Å². The van der Waals surface area contributed by atoms with Crippen LogP contribution in [0.1, 0.15) is 51.9 Å². The lowest BCUT2D eigenvalue weighted by Gasteiger charge is -2.48. The minimum Gasteiger partial charge on any atom is -0.388 e. The van der Waals surface area contributed by atoms with E-state index in [1.54, 1.807) is 0 Å². The van der Waals surface area contributed by atoms with Crippen molar-refractivity contribution in [3.63, 3.8) is 0 Å². The molecule has 3 fully saturated rings. The van der Waals surface area contributed by atoms with Crippen molar-refractivity contribution < 1.29 is 5.11 Å². The first kappa shape index (κ1) is 12.9. The third kappa shape index (κ3) is 1.67. The number of hydrogen-bond donors (Lipinski definition) is 2. The van der Waals surface area contributed by atoms with Crippen molar-refractivity contribution >= 4 is 0 Å². The van der Waals surface area contributed by atoms with E-state index in [-0.39, 0.29) is 5.41 Å². The van der Waals surface area contributed by atoms with Gasteiger partial charge in [-0.15, -0.1) is 0 Å². The quantitative estimate of drug-likeness (QED) is 0.787. The zero-order chi connectivity index (χ0) is 12.8. The molecule has 2 saturated heterocycles. The van der Waals surface area contributed by atoms with Crippen LogP contribution < -0.4 is 5.73 Å². The number of hydrogen-bond acceptors (Lipinski definition) is 3. The highest BCUT2D eigenvalue weighted by molar-refractivity contribution is 5.13. The van der Waals surface area contributed by atoms with Crippen LogP contribution in [-0.2, 0) is 0 Å². The predicted molar refractivity (Wildman–Crippen MR) is 73.3 cm³/mol. The zero-order valence-corrected chi connectivity index (χ0v) is 11.7. The molecular formula is C15H28N2O. The molecule has 1 saturated carbocycles. The van der Waals surface area contributed by atoms with Gasteiger partial charge < -0.3 is 10.8 Å². The molecule has 4 atom stereocenters. The van der Waals surface area contributed by atoms with Crippen molar-refractivity contribution in [2.45, 2.75) is 63.5 Å². The Balaban J connectivity index is 1.89. The normalized spacial score (nSPS) is 49.5. The SMILES string of the molecule is CC1CCC(CN)(C2(O)CCN3CCCCC32)C1. The molecule has 1 aliphatic carbocycles. The molecule has 0 aromatic heterocycles. The van der Waals surface area contributed by atoms with Crippen molar-refractivity contribution in [2.24, 2.45) is 17.1 Å². The van der Waals surface area contributed by atoms with Crippen LogP contribution in [0.4, 0.5) is 0 Å². The Morgan fingerprint density at radius 1 is 1.22 bits per heavy atom. The summed E-state index contributed by atoms with van der Waals surface area (Å²) in [6, 6.07) is 0.389. The van der Waals surface area contributed by atoms with E-state index >= 15 is 0 Å². The molecule has 0 spiro atoms. The van der Waals surface area contributed by atoms with Crippen LogP contribution in [0.3, 0.4) is 0 Å². The average molecular weight is 252 g/mol. The van der Waals surface area contributed by atoms with E-state index in [9.17, 15) is 5.11 Å². The Kier molecular flexibility index (Phi) is 3.20. The summed E-state index contributed by atoms with van der Waals surface area (Å²) in [6.07, 6.45) is 8.20. The summed E-state index contributed by atoms with van der Waals surface area (Å²) >= 11 is 0. The maximum atomic E-state index is 11.4. The van der Waals surface area contributed by atoms with Crippen molar-refractivity contribution in [1.82, 2.24) is 4.90 Å². The van der Waals surface area contributed by atoms with Crippen LogP contribution in [0.15, 0.2) is 0 Å². The Bertz CT molecular complexity index is 322. The van der Waals surface area contributed by atoms with E-state index in [1.807, 2.05) is 0 Å². The summed E-state index contributed by atoms with van der Waals surface area (Å²) in [5.74, 6) is 0.732. The van der Waals surface area contributed by atoms with Crippen LogP contribution in [-0.4, -0.2) is 41.3 Å². The van der Waals surface area contributed by atoms with Crippen molar-refractivity contribution in [3.8, 4) is 0 Å². The first-order chi connectivity index (χ1) is 8.61. The zero-order valence-electron chi connectivity index (χ0n) is 11.7. The fourth-order valence-electron chi connectivity index (χ4n) is 5.05. The van der Waals surface area contributed by atoms with Gasteiger partial charge >= 0.3 is 0 Å². The smallest absolute Gasteiger partial charge is 0.0882 e. The van der Waals surface area contributed by atoms with Crippen LogP contribution in [0, 0.1) is 11.3 Å². The summed E-state index contributed by atoms with van der Waals surface area (Å²) in [4.78, 5) is 2.53. The lowest BCUT2D eigenvalue weighted by Crippen LogP contribution is -2.59. The summed E-state index contributed by atoms with van der Waals surface area (Å²) in [6.45, 7) is 5.24. The molecule has 3 aliphatic rings. The monoisotopic (exact) mass is 252 g/mol. The highest BCUT2D eigenvalue weighted by Crippen LogP contribution is 2.55. The lowest BCUT2D eigenvalue weighted by atomic mass is 9.65. The first-order valence-corrected chi connectivity index (χ1v) is 7.78. The lowest BCUT2D eigenvalue weighted by molar-refractivity contribution is -0.108. The highest BCUT2D eigenvalue weighted by atomic mass is 16.3. The van der Waals surface area contributed by atoms with E-state index in [4.69, 9.17) is 5.73 Å². The minimum atomic E-state index is -0.507. The van der Waals surface area contributed by atoms with Gasteiger partial charge in [-0.05, 0) is 44.6 Å². The standard InChI is InChI=1S/C15H28N2O/c1-12-5-6-14(10-12,11-16)15(18)7-9-17-8-3-2-4-13(15)17/h12-13,18H,2-11,16H2,1H3. The maximum Gasteiger partial charge on any atom is 0.0882 e. The highest BCUT2D eigenvalue weighted by Gasteiger charge is 2.60. The topological polar surface area (TPSA) is 49.5 Å². The average Bonchev–Trinajstić information content (AvgIpc) is 2.94. The van der Waals surface area contributed by atoms with Crippen LogP contribution in [0.5, 0.6) is 0 Å². The van der Waals surface area contributed by atoms with E-state index in [0.29, 0.717) is 12.6 Å². The molecule has 0 radical (unpaired) electrons. The molecule has 3 rings (SSSR count). The second-order valence-electron chi connectivity index (χ2n) is 7.05. The van der Waals surface area contributed by atoms with Crippen LogP contribution in [0.2, 0.25) is 0 Å². The van der Waals surface area contributed by atoms with Gasteiger partial charge in [0.05, 0.1) is 5.60 Å². The van der Waals surface area contributed by atoms with Gasteiger partial charge in [0.25, 0.3) is 0 Å².